The van der Waals surface area contributed by atoms with Gasteiger partial charge in [0.05, 0.1) is 5.39 Å². The van der Waals surface area contributed by atoms with Crippen LogP contribution in [0.3, 0.4) is 0 Å². The van der Waals surface area contributed by atoms with Crippen molar-refractivity contribution in [3.05, 3.63) is 81.7 Å². The van der Waals surface area contributed by atoms with E-state index in [2.05, 4.69) is 31.2 Å². The molecule has 2 unspecified atom stereocenters. The zero-order valence-electron chi connectivity index (χ0n) is 11.9. The zero-order chi connectivity index (χ0) is 14.4. The van der Waals surface area contributed by atoms with Gasteiger partial charge in [-0.2, -0.15) is 0 Å². The van der Waals surface area contributed by atoms with Crippen molar-refractivity contribution in [3.63, 3.8) is 0 Å². The normalized spacial score (nSPS) is 20.6. The molecule has 3 aromatic rings. The molecular weight excluding hydrogens is 260 g/mol. The Balaban J connectivity index is 1.73. The van der Waals surface area contributed by atoms with Crippen molar-refractivity contribution >= 4 is 11.0 Å². The molecule has 1 aromatic heterocycles. The van der Waals surface area contributed by atoms with Crippen LogP contribution in [0.5, 0.6) is 0 Å². The first kappa shape index (κ1) is 12.4. The molecule has 21 heavy (non-hydrogen) atoms. The summed E-state index contributed by atoms with van der Waals surface area (Å²) in [6.45, 7) is 2.14. The first-order valence-corrected chi connectivity index (χ1v) is 7.32. The molecule has 0 amide bonds. The molecule has 2 atom stereocenters. The minimum Gasteiger partial charge on any atom is -0.460 e. The molecule has 0 N–H and O–H groups in total. The predicted octanol–water partition coefficient (Wildman–Crippen LogP) is 4.37. The summed E-state index contributed by atoms with van der Waals surface area (Å²) >= 11 is 0. The van der Waals surface area contributed by atoms with E-state index in [4.69, 9.17) is 4.42 Å². The van der Waals surface area contributed by atoms with Gasteiger partial charge in [0.2, 0.25) is 0 Å². The lowest BCUT2D eigenvalue weighted by Crippen LogP contribution is -2.01. The van der Waals surface area contributed by atoms with Gasteiger partial charge >= 0.3 is 0 Å². The highest BCUT2D eigenvalue weighted by molar-refractivity contribution is 5.76. The van der Waals surface area contributed by atoms with Crippen molar-refractivity contribution < 1.29 is 4.42 Å². The van der Waals surface area contributed by atoms with Gasteiger partial charge in [0.25, 0.3) is 0 Å². The standard InChI is InChI=1S/C19H16O2/c1-12-6-2-3-7-13(12)15-10-16(15)19-11-17(20)14-8-4-5-9-18(14)21-19/h2-9,11,15-16H,10H2,1H3. The highest BCUT2D eigenvalue weighted by atomic mass is 16.3. The van der Waals surface area contributed by atoms with Crippen LogP contribution in [0.1, 0.15) is 35.1 Å². The lowest BCUT2D eigenvalue weighted by atomic mass is 10.0. The third-order valence-corrected chi connectivity index (χ3v) is 4.40. The van der Waals surface area contributed by atoms with Gasteiger partial charge in [-0.1, -0.05) is 36.4 Å². The van der Waals surface area contributed by atoms with Crippen LogP contribution in [0.2, 0.25) is 0 Å². The van der Waals surface area contributed by atoms with Crippen LogP contribution in [0.4, 0.5) is 0 Å². The highest BCUT2D eigenvalue weighted by Crippen LogP contribution is 2.55. The van der Waals surface area contributed by atoms with Crippen molar-refractivity contribution in [2.75, 3.05) is 0 Å². The quantitative estimate of drug-likeness (QED) is 0.695. The van der Waals surface area contributed by atoms with Crippen molar-refractivity contribution in [2.24, 2.45) is 0 Å². The van der Waals surface area contributed by atoms with Gasteiger partial charge in [-0.05, 0) is 42.5 Å². The fourth-order valence-corrected chi connectivity index (χ4v) is 3.16. The van der Waals surface area contributed by atoms with Crippen LogP contribution in [0.15, 0.2) is 63.8 Å². The molecule has 0 spiro atoms. The summed E-state index contributed by atoms with van der Waals surface area (Å²) in [7, 11) is 0. The lowest BCUT2D eigenvalue weighted by molar-refractivity contribution is 0.535. The fourth-order valence-electron chi connectivity index (χ4n) is 3.16. The first-order chi connectivity index (χ1) is 10.2. The van der Waals surface area contributed by atoms with E-state index in [-0.39, 0.29) is 5.43 Å². The van der Waals surface area contributed by atoms with E-state index in [9.17, 15) is 4.79 Å². The van der Waals surface area contributed by atoms with E-state index >= 15 is 0 Å². The van der Waals surface area contributed by atoms with Gasteiger partial charge in [0.1, 0.15) is 11.3 Å². The average molecular weight is 276 g/mol. The lowest BCUT2D eigenvalue weighted by Gasteiger charge is -2.05. The van der Waals surface area contributed by atoms with Crippen LogP contribution < -0.4 is 5.43 Å². The van der Waals surface area contributed by atoms with Crippen molar-refractivity contribution in [1.82, 2.24) is 0 Å². The molecular formula is C19H16O2. The number of para-hydroxylation sites is 1. The van der Waals surface area contributed by atoms with Gasteiger partial charge in [0, 0.05) is 12.0 Å². The molecule has 1 heterocycles. The van der Waals surface area contributed by atoms with Gasteiger partial charge in [-0.3, -0.25) is 4.79 Å². The predicted molar refractivity (Wildman–Crippen MR) is 83.8 cm³/mol. The molecule has 0 saturated heterocycles. The summed E-state index contributed by atoms with van der Waals surface area (Å²) < 4.78 is 5.96. The summed E-state index contributed by atoms with van der Waals surface area (Å²) in [5.74, 6) is 1.64. The van der Waals surface area contributed by atoms with Crippen molar-refractivity contribution in [1.29, 1.82) is 0 Å². The second-order valence-electron chi connectivity index (χ2n) is 5.81. The number of aryl methyl sites for hydroxylation is 1. The SMILES string of the molecule is Cc1ccccc1C1CC1c1cc(=O)c2ccccc2o1. The number of rotatable bonds is 2. The monoisotopic (exact) mass is 276 g/mol. The Kier molecular flexibility index (Phi) is 2.71. The average Bonchev–Trinajstić information content (AvgIpc) is 3.28. The molecule has 4 rings (SSSR count). The molecule has 104 valence electrons. The summed E-state index contributed by atoms with van der Waals surface area (Å²) in [6.07, 6.45) is 1.06. The van der Waals surface area contributed by atoms with Crippen LogP contribution in [-0.4, -0.2) is 0 Å². The molecule has 1 aliphatic carbocycles. The molecule has 2 aromatic carbocycles. The van der Waals surface area contributed by atoms with Crippen LogP contribution >= 0.6 is 0 Å². The fraction of sp³-hybridized carbons (Fsp3) is 0.211. The summed E-state index contributed by atoms with van der Waals surface area (Å²) in [5.41, 5.74) is 3.43. The maximum Gasteiger partial charge on any atom is 0.192 e. The summed E-state index contributed by atoms with van der Waals surface area (Å²) in [5, 5.41) is 0.661. The largest absolute Gasteiger partial charge is 0.460 e. The number of hydrogen-bond donors (Lipinski definition) is 0. The second-order valence-corrected chi connectivity index (χ2v) is 5.81. The van der Waals surface area contributed by atoms with E-state index < -0.39 is 0 Å². The molecule has 1 saturated carbocycles. The Morgan fingerprint density at radius 3 is 2.62 bits per heavy atom. The Labute approximate surface area is 123 Å². The van der Waals surface area contributed by atoms with E-state index in [1.54, 1.807) is 6.07 Å². The van der Waals surface area contributed by atoms with Crippen molar-refractivity contribution in [2.45, 2.75) is 25.2 Å². The number of fused-ring (bicyclic) bond motifs is 1. The number of hydrogen-bond acceptors (Lipinski definition) is 2. The van der Waals surface area contributed by atoms with Crippen LogP contribution in [-0.2, 0) is 0 Å². The van der Waals surface area contributed by atoms with E-state index in [1.807, 2.05) is 24.3 Å². The Hall–Kier alpha value is -2.35. The molecule has 2 heteroatoms. The smallest absolute Gasteiger partial charge is 0.192 e. The highest BCUT2D eigenvalue weighted by Gasteiger charge is 2.42. The molecule has 0 bridgehead atoms. The topological polar surface area (TPSA) is 30.2 Å². The van der Waals surface area contributed by atoms with E-state index in [1.165, 1.54) is 11.1 Å². The van der Waals surface area contributed by atoms with Gasteiger partial charge in [-0.25, -0.2) is 0 Å². The Morgan fingerprint density at radius 2 is 1.76 bits per heavy atom. The summed E-state index contributed by atoms with van der Waals surface area (Å²) in [6, 6.07) is 17.6. The zero-order valence-corrected chi connectivity index (χ0v) is 11.9. The minimum absolute atomic E-state index is 0.0577. The maximum absolute atomic E-state index is 12.2. The second kappa shape index (κ2) is 4.59. The van der Waals surface area contributed by atoms with Crippen LogP contribution in [0, 0.1) is 6.92 Å². The molecule has 1 fully saturated rings. The van der Waals surface area contributed by atoms with E-state index in [0.29, 0.717) is 22.8 Å². The van der Waals surface area contributed by atoms with Gasteiger partial charge < -0.3 is 4.42 Å². The molecule has 2 nitrogen and oxygen atoms in total. The van der Waals surface area contributed by atoms with Crippen molar-refractivity contribution in [3.8, 4) is 0 Å². The summed E-state index contributed by atoms with van der Waals surface area (Å²) in [4.78, 5) is 12.2. The molecule has 0 radical (unpaired) electrons. The third-order valence-electron chi connectivity index (χ3n) is 4.40. The maximum atomic E-state index is 12.2. The first-order valence-electron chi connectivity index (χ1n) is 7.32. The third kappa shape index (κ3) is 2.07. The van der Waals surface area contributed by atoms with Crippen LogP contribution in [0.25, 0.3) is 11.0 Å². The number of benzene rings is 2. The molecule has 0 aliphatic heterocycles. The Morgan fingerprint density at radius 1 is 1.00 bits per heavy atom. The minimum atomic E-state index is 0.0577. The van der Waals surface area contributed by atoms with E-state index in [0.717, 1.165) is 12.2 Å². The van der Waals surface area contributed by atoms with Gasteiger partial charge in [0.15, 0.2) is 5.43 Å². The van der Waals surface area contributed by atoms with Gasteiger partial charge in [-0.15, -0.1) is 0 Å². The molecule has 1 aliphatic rings. The Bertz CT molecular complexity index is 876.